The Labute approximate surface area is 95.6 Å². The highest BCUT2D eigenvalue weighted by atomic mass is 16.5. The summed E-state index contributed by atoms with van der Waals surface area (Å²) < 4.78 is 4.85. The first kappa shape index (κ1) is 14.9. The smallest absolute Gasteiger partial charge is 0.308 e. The predicted molar refractivity (Wildman–Crippen MR) is 57.3 cm³/mol. The lowest BCUT2D eigenvalue weighted by atomic mass is 10.1. The third-order valence-electron chi connectivity index (χ3n) is 2.03. The lowest BCUT2D eigenvalue weighted by molar-refractivity contribution is -0.146. The van der Waals surface area contributed by atoms with Gasteiger partial charge < -0.3 is 14.9 Å². The van der Waals surface area contributed by atoms with Gasteiger partial charge in [-0.3, -0.25) is 4.79 Å². The van der Waals surface area contributed by atoms with E-state index in [-0.39, 0.29) is 19.3 Å². The quantitative estimate of drug-likeness (QED) is 0.473. The van der Waals surface area contributed by atoms with Crippen molar-refractivity contribution in [2.75, 3.05) is 6.61 Å². The number of nitrogens with zero attached hydrogens (tertiary/aromatic N) is 1. The second kappa shape index (κ2) is 9.13. The summed E-state index contributed by atoms with van der Waals surface area (Å²) in [6, 6.07) is 1.79. The molecule has 0 saturated carbocycles. The van der Waals surface area contributed by atoms with Crippen molar-refractivity contribution in [3.8, 4) is 6.07 Å². The number of carbonyl (C=O) groups excluding carboxylic acids is 1. The Morgan fingerprint density at radius 1 is 1.44 bits per heavy atom. The average Bonchev–Trinajstić information content (AvgIpc) is 2.17. The first-order chi connectivity index (χ1) is 7.60. The highest BCUT2D eigenvalue weighted by molar-refractivity contribution is 5.69. The molecule has 0 fully saturated rings. The molecule has 0 amide bonds. The molecule has 0 radical (unpaired) electrons. The van der Waals surface area contributed by atoms with Crippen LogP contribution in [0.15, 0.2) is 0 Å². The zero-order valence-electron chi connectivity index (χ0n) is 9.56. The van der Waals surface area contributed by atoms with Gasteiger partial charge in [0.2, 0.25) is 0 Å². The van der Waals surface area contributed by atoms with Gasteiger partial charge in [-0.05, 0) is 6.42 Å². The average molecular weight is 229 g/mol. The third-order valence-corrected chi connectivity index (χ3v) is 2.03. The maximum Gasteiger partial charge on any atom is 0.308 e. The molecule has 16 heavy (non-hydrogen) atoms. The molecule has 0 aliphatic carbocycles. The van der Waals surface area contributed by atoms with E-state index in [0.29, 0.717) is 6.61 Å². The number of ether oxygens (including phenoxy) is 1. The number of carbonyl (C=O) groups is 1. The fraction of sp³-hybridized carbons (Fsp3) is 0.818. The molecule has 2 unspecified atom stereocenters. The van der Waals surface area contributed by atoms with Crippen LogP contribution in [0.25, 0.3) is 0 Å². The van der Waals surface area contributed by atoms with Crippen LogP contribution >= 0.6 is 0 Å². The second-order valence-corrected chi connectivity index (χ2v) is 3.68. The van der Waals surface area contributed by atoms with Crippen LogP contribution < -0.4 is 0 Å². The number of hydrogen-bond donors (Lipinski definition) is 2. The summed E-state index contributed by atoms with van der Waals surface area (Å²) in [5, 5.41) is 26.9. The van der Waals surface area contributed by atoms with E-state index in [1.54, 1.807) is 6.07 Å². The molecule has 0 aromatic carbocycles. The zero-order chi connectivity index (χ0) is 12.4. The normalized spacial score (nSPS) is 13.9. The molecular weight excluding hydrogens is 210 g/mol. The van der Waals surface area contributed by atoms with Gasteiger partial charge >= 0.3 is 5.97 Å². The lowest BCUT2D eigenvalue weighted by Crippen LogP contribution is -2.21. The number of unbranched alkanes of at least 4 members (excludes halogenated alkanes) is 1. The maximum atomic E-state index is 11.1. The predicted octanol–water partition coefficient (Wildman–Crippen LogP) is 0.745. The minimum absolute atomic E-state index is 0.0242. The minimum atomic E-state index is -0.947. The molecule has 0 aliphatic heterocycles. The first-order valence-electron chi connectivity index (χ1n) is 5.48. The van der Waals surface area contributed by atoms with E-state index in [1.807, 2.05) is 6.92 Å². The molecule has 0 bridgehead atoms. The van der Waals surface area contributed by atoms with E-state index in [9.17, 15) is 15.0 Å². The van der Waals surface area contributed by atoms with Crippen LogP contribution in [0.5, 0.6) is 0 Å². The molecule has 0 aromatic heterocycles. The Kier molecular flexibility index (Phi) is 8.49. The van der Waals surface area contributed by atoms with Crippen LogP contribution in [-0.2, 0) is 9.53 Å². The van der Waals surface area contributed by atoms with Crippen LogP contribution in [0.2, 0.25) is 0 Å². The van der Waals surface area contributed by atoms with Crippen LogP contribution in [-0.4, -0.2) is 35.0 Å². The Morgan fingerprint density at radius 3 is 2.69 bits per heavy atom. The molecule has 2 atom stereocenters. The molecular formula is C11H19NO4. The van der Waals surface area contributed by atoms with Gasteiger partial charge in [-0.1, -0.05) is 13.3 Å². The number of hydrogen-bond acceptors (Lipinski definition) is 5. The molecule has 2 N–H and O–H groups in total. The highest BCUT2D eigenvalue weighted by Crippen LogP contribution is 2.06. The minimum Gasteiger partial charge on any atom is -0.466 e. The molecule has 5 heteroatoms. The first-order valence-corrected chi connectivity index (χ1v) is 5.48. The van der Waals surface area contributed by atoms with Crippen molar-refractivity contribution in [1.82, 2.24) is 0 Å². The summed E-state index contributed by atoms with van der Waals surface area (Å²) in [7, 11) is 0. The summed E-state index contributed by atoms with van der Waals surface area (Å²) in [5.41, 5.74) is 0. The molecule has 0 spiro atoms. The van der Waals surface area contributed by atoms with E-state index in [0.717, 1.165) is 12.8 Å². The van der Waals surface area contributed by atoms with Crippen molar-refractivity contribution in [3.63, 3.8) is 0 Å². The van der Waals surface area contributed by atoms with Gasteiger partial charge in [0, 0.05) is 6.42 Å². The summed E-state index contributed by atoms with van der Waals surface area (Å²) in [6.07, 6.45) is -0.235. The number of nitriles is 1. The standard InChI is InChI=1S/C11H19NO4/c1-2-3-6-16-11(15)8-10(14)7-9(13)4-5-12/h9-10,13-14H,2-4,6-8H2,1H3. The van der Waals surface area contributed by atoms with E-state index in [2.05, 4.69) is 0 Å². The topological polar surface area (TPSA) is 90.6 Å². The number of aliphatic hydroxyl groups excluding tert-OH is 2. The lowest BCUT2D eigenvalue weighted by Gasteiger charge is -2.12. The molecule has 5 nitrogen and oxygen atoms in total. The van der Waals surface area contributed by atoms with Gasteiger partial charge in [0.25, 0.3) is 0 Å². The summed E-state index contributed by atoms with van der Waals surface area (Å²) in [4.78, 5) is 11.1. The van der Waals surface area contributed by atoms with Crippen molar-refractivity contribution < 1.29 is 19.7 Å². The van der Waals surface area contributed by atoms with Gasteiger partial charge in [-0.15, -0.1) is 0 Å². The number of esters is 1. The summed E-state index contributed by atoms with van der Waals surface area (Å²) in [5.74, 6) is -0.467. The van der Waals surface area contributed by atoms with Crippen LogP contribution in [0.3, 0.4) is 0 Å². The van der Waals surface area contributed by atoms with Crippen molar-refractivity contribution in [2.45, 2.75) is 51.2 Å². The van der Waals surface area contributed by atoms with Gasteiger partial charge in [-0.25, -0.2) is 0 Å². The van der Waals surface area contributed by atoms with Gasteiger partial charge in [0.15, 0.2) is 0 Å². The summed E-state index contributed by atoms with van der Waals surface area (Å²) in [6.45, 7) is 2.35. The van der Waals surface area contributed by atoms with Gasteiger partial charge in [0.1, 0.15) is 0 Å². The number of rotatable bonds is 8. The van der Waals surface area contributed by atoms with Crippen LogP contribution in [0, 0.1) is 11.3 Å². The zero-order valence-corrected chi connectivity index (χ0v) is 9.56. The highest BCUT2D eigenvalue weighted by Gasteiger charge is 2.16. The SMILES string of the molecule is CCCCOC(=O)CC(O)CC(O)CC#N. The molecule has 92 valence electrons. The van der Waals surface area contributed by atoms with Gasteiger partial charge in [-0.2, -0.15) is 5.26 Å². The number of aliphatic hydroxyl groups is 2. The third kappa shape index (κ3) is 8.21. The molecule has 0 rings (SSSR count). The molecule has 0 saturated heterocycles. The van der Waals surface area contributed by atoms with E-state index in [4.69, 9.17) is 10.00 Å². The Hall–Kier alpha value is -1.12. The summed E-state index contributed by atoms with van der Waals surface area (Å²) >= 11 is 0. The second-order valence-electron chi connectivity index (χ2n) is 3.68. The van der Waals surface area contributed by atoms with E-state index >= 15 is 0 Å². The molecule has 0 aromatic rings. The Morgan fingerprint density at radius 2 is 2.12 bits per heavy atom. The fourth-order valence-corrected chi connectivity index (χ4v) is 1.17. The monoisotopic (exact) mass is 229 g/mol. The largest absolute Gasteiger partial charge is 0.466 e. The van der Waals surface area contributed by atoms with E-state index < -0.39 is 18.2 Å². The van der Waals surface area contributed by atoms with E-state index in [1.165, 1.54) is 0 Å². The van der Waals surface area contributed by atoms with Crippen molar-refractivity contribution in [1.29, 1.82) is 5.26 Å². The Balaban J connectivity index is 3.65. The fourth-order valence-electron chi connectivity index (χ4n) is 1.17. The molecule has 0 heterocycles. The Bertz CT molecular complexity index is 237. The van der Waals surface area contributed by atoms with Crippen molar-refractivity contribution in [2.24, 2.45) is 0 Å². The van der Waals surface area contributed by atoms with Crippen molar-refractivity contribution >= 4 is 5.97 Å². The van der Waals surface area contributed by atoms with Crippen molar-refractivity contribution in [3.05, 3.63) is 0 Å². The van der Waals surface area contributed by atoms with Crippen LogP contribution in [0.4, 0.5) is 0 Å². The molecule has 0 aliphatic rings. The van der Waals surface area contributed by atoms with Crippen LogP contribution in [0.1, 0.15) is 39.0 Å². The van der Waals surface area contributed by atoms with Gasteiger partial charge in [0.05, 0.1) is 37.7 Å². The maximum absolute atomic E-state index is 11.1.